The Morgan fingerprint density at radius 1 is 1.44 bits per heavy atom. The molecule has 1 atom stereocenters. The van der Waals surface area contributed by atoms with E-state index in [2.05, 4.69) is 26.6 Å². The normalized spacial score (nSPS) is 11.3. The third-order valence-corrected chi connectivity index (χ3v) is 2.74. The van der Waals surface area contributed by atoms with E-state index in [0.717, 1.165) is 10.2 Å². The maximum atomic E-state index is 11.2. The topological polar surface area (TPSA) is 50.4 Å². The van der Waals surface area contributed by atoms with Crippen molar-refractivity contribution in [1.29, 1.82) is 0 Å². The van der Waals surface area contributed by atoms with Gasteiger partial charge in [-0.15, -0.1) is 12.4 Å². The van der Waals surface area contributed by atoms with E-state index in [4.69, 9.17) is 4.74 Å². The molecule has 0 aliphatic carbocycles. The van der Waals surface area contributed by atoms with E-state index in [-0.39, 0.29) is 24.4 Å². The fraction of sp³-hybridized carbons (Fsp3) is 0.417. The number of para-hydroxylation sites is 1. The van der Waals surface area contributed by atoms with Crippen LogP contribution in [0, 0.1) is 0 Å². The van der Waals surface area contributed by atoms with Crippen molar-refractivity contribution in [3.63, 3.8) is 0 Å². The van der Waals surface area contributed by atoms with Crippen LogP contribution in [0.5, 0.6) is 5.75 Å². The molecule has 0 saturated heterocycles. The van der Waals surface area contributed by atoms with E-state index in [1.54, 1.807) is 7.05 Å². The Hall–Kier alpha value is -0.780. The van der Waals surface area contributed by atoms with Crippen LogP contribution in [0.2, 0.25) is 0 Å². The molecule has 4 nitrogen and oxygen atoms in total. The smallest absolute Gasteiger partial charge is 0.234 e. The highest BCUT2D eigenvalue weighted by Crippen LogP contribution is 2.24. The molecule has 0 saturated carbocycles. The highest BCUT2D eigenvalue weighted by atomic mass is 79.9. The molecule has 0 aromatic heterocycles. The average molecular weight is 338 g/mol. The van der Waals surface area contributed by atoms with Gasteiger partial charge in [0.2, 0.25) is 5.91 Å². The molecule has 102 valence electrons. The summed E-state index contributed by atoms with van der Waals surface area (Å²) in [6.07, 6.45) is -0.0745. The van der Waals surface area contributed by atoms with Crippen LogP contribution in [0.3, 0.4) is 0 Å². The number of ether oxygens (including phenoxy) is 1. The van der Waals surface area contributed by atoms with E-state index in [0.29, 0.717) is 13.1 Å². The molecule has 0 heterocycles. The summed E-state index contributed by atoms with van der Waals surface area (Å²) in [5.41, 5.74) is 0. The summed E-state index contributed by atoms with van der Waals surface area (Å²) in [5, 5.41) is 5.57. The van der Waals surface area contributed by atoms with Gasteiger partial charge in [-0.3, -0.25) is 4.79 Å². The van der Waals surface area contributed by atoms with Gasteiger partial charge >= 0.3 is 0 Å². The zero-order chi connectivity index (χ0) is 12.7. The molecule has 0 radical (unpaired) electrons. The molecule has 2 N–H and O–H groups in total. The Bertz CT molecular complexity index is 377. The van der Waals surface area contributed by atoms with Crippen molar-refractivity contribution in [2.24, 2.45) is 0 Å². The fourth-order valence-corrected chi connectivity index (χ4v) is 1.66. The van der Waals surface area contributed by atoms with Gasteiger partial charge in [-0.1, -0.05) is 12.1 Å². The summed E-state index contributed by atoms with van der Waals surface area (Å²) in [4.78, 5) is 11.2. The number of hydrogen-bond acceptors (Lipinski definition) is 3. The predicted molar refractivity (Wildman–Crippen MR) is 78.4 cm³/mol. The first-order valence-electron chi connectivity index (χ1n) is 5.46. The molecule has 18 heavy (non-hydrogen) atoms. The van der Waals surface area contributed by atoms with Crippen molar-refractivity contribution in [3.05, 3.63) is 28.7 Å². The molecule has 0 aliphatic rings. The van der Waals surface area contributed by atoms with Crippen molar-refractivity contribution in [3.8, 4) is 5.75 Å². The molecular formula is C12H18BrClN2O2. The lowest BCUT2D eigenvalue weighted by atomic mass is 10.3. The fourth-order valence-electron chi connectivity index (χ4n) is 1.28. The highest BCUT2D eigenvalue weighted by molar-refractivity contribution is 9.10. The van der Waals surface area contributed by atoms with Crippen LogP contribution in [0.1, 0.15) is 6.92 Å². The number of rotatable bonds is 6. The predicted octanol–water partition coefficient (Wildman–Crippen LogP) is 1.97. The first-order valence-corrected chi connectivity index (χ1v) is 6.25. The van der Waals surface area contributed by atoms with Gasteiger partial charge in [0, 0.05) is 0 Å². The van der Waals surface area contributed by atoms with E-state index < -0.39 is 0 Å². The van der Waals surface area contributed by atoms with E-state index in [1.807, 2.05) is 31.2 Å². The first kappa shape index (κ1) is 17.2. The standard InChI is InChI=1S/C12H17BrN2O2.ClH/c1-9(7-15-12(16)8-14-2)17-11-6-4-3-5-10(11)13;/h3-6,9,14H,7-8H2,1-2H3,(H,15,16);1H. The number of carbonyl (C=O) groups excluding carboxylic acids is 1. The Balaban J connectivity index is 0.00000289. The van der Waals surface area contributed by atoms with Crippen LogP contribution in [0.25, 0.3) is 0 Å². The number of halogens is 2. The van der Waals surface area contributed by atoms with Crippen LogP contribution in [0.15, 0.2) is 28.7 Å². The molecule has 1 aromatic carbocycles. The minimum absolute atomic E-state index is 0. The van der Waals surface area contributed by atoms with Gasteiger partial charge in [-0.2, -0.15) is 0 Å². The average Bonchev–Trinajstić information content (AvgIpc) is 2.30. The third kappa shape index (κ3) is 6.23. The van der Waals surface area contributed by atoms with E-state index >= 15 is 0 Å². The number of benzene rings is 1. The summed E-state index contributed by atoms with van der Waals surface area (Å²) >= 11 is 3.41. The maximum absolute atomic E-state index is 11.2. The molecule has 6 heteroatoms. The summed E-state index contributed by atoms with van der Waals surface area (Å²) in [6, 6.07) is 7.64. The molecule has 0 fully saturated rings. The second-order valence-corrected chi connectivity index (χ2v) is 4.55. The Morgan fingerprint density at radius 3 is 2.72 bits per heavy atom. The largest absolute Gasteiger partial charge is 0.488 e. The second-order valence-electron chi connectivity index (χ2n) is 3.69. The Labute approximate surface area is 122 Å². The van der Waals surface area contributed by atoms with Gasteiger partial charge in [-0.25, -0.2) is 0 Å². The lowest BCUT2D eigenvalue weighted by molar-refractivity contribution is -0.120. The number of amides is 1. The molecule has 1 aromatic rings. The number of carbonyl (C=O) groups is 1. The SMILES string of the molecule is CNCC(=O)NCC(C)Oc1ccccc1Br.Cl. The molecule has 1 unspecified atom stereocenters. The summed E-state index contributed by atoms with van der Waals surface area (Å²) in [6.45, 7) is 2.72. The van der Waals surface area contributed by atoms with Crippen LogP contribution >= 0.6 is 28.3 Å². The molecule has 1 rings (SSSR count). The zero-order valence-electron chi connectivity index (χ0n) is 10.4. The number of nitrogens with one attached hydrogen (secondary N) is 2. The van der Waals surface area contributed by atoms with Gasteiger partial charge in [0.05, 0.1) is 17.6 Å². The summed E-state index contributed by atoms with van der Waals surface area (Å²) < 4.78 is 6.60. The summed E-state index contributed by atoms with van der Waals surface area (Å²) in [7, 11) is 1.74. The Kier molecular flexibility index (Phi) is 8.79. The second kappa shape index (κ2) is 9.19. The minimum Gasteiger partial charge on any atom is -0.488 e. The van der Waals surface area contributed by atoms with Crippen molar-refractivity contribution in [2.75, 3.05) is 20.1 Å². The van der Waals surface area contributed by atoms with Gasteiger partial charge in [0.15, 0.2) is 0 Å². The first-order chi connectivity index (χ1) is 8.13. The molecule has 0 spiro atoms. The molecule has 1 amide bonds. The maximum Gasteiger partial charge on any atom is 0.234 e. The lowest BCUT2D eigenvalue weighted by Crippen LogP contribution is -2.38. The van der Waals surface area contributed by atoms with Crippen LogP contribution in [0.4, 0.5) is 0 Å². The number of hydrogen-bond donors (Lipinski definition) is 2. The molecular weight excluding hydrogens is 320 g/mol. The summed E-state index contributed by atoms with van der Waals surface area (Å²) in [5.74, 6) is 0.748. The van der Waals surface area contributed by atoms with Gasteiger partial charge in [-0.05, 0) is 42.0 Å². The van der Waals surface area contributed by atoms with Crippen molar-refractivity contribution in [2.45, 2.75) is 13.0 Å². The van der Waals surface area contributed by atoms with Crippen LogP contribution in [-0.2, 0) is 4.79 Å². The quantitative estimate of drug-likeness (QED) is 0.834. The minimum atomic E-state index is -0.0745. The third-order valence-electron chi connectivity index (χ3n) is 2.09. The van der Waals surface area contributed by atoms with E-state index in [1.165, 1.54) is 0 Å². The number of likely N-dealkylation sites (N-methyl/N-ethyl adjacent to an activating group) is 1. The monoisotopic (exact) mass is 336 g/mol. The van der Waals surface area contributed by atoms with Crippen LogP contribution < -0.4 is 15.4 Å². The lowest BCUT2D eigenvalue weighted by Gasteiger charge is -2.16. The van der Waals surface area contributed by atoms with Gasteiger partial charge in [0.1, 0.15) is 11.9 Å². The van der Waals surface area contributed by atoms with E-state index in [9.17, 15) is 4.79 Å². The Morgan fingerprint density at radius 2 is 2.11 bits per heavy atom. The van der Waals surface area contributed by atoms with Gasteiger partial charge in [0.25, 0.3) is 0 Å². The van der Waals surface area contributed by atoms with Crippen LogP contribution in [-0.4, -0.2) is 32.1 Å². The van der Waals surface area contributed by atoms with Crippen molar-refractivity contribution >= 4 is 34.2 Å². The molecule has 0 bridgehead atoms. The zero-order valence-corrected chi connectivity index (χ0v) is 12.8. The highest BCUT2D eigenvalue weighted by Gasteiger charge is 2.08. The van der Waals surface area contributed by atoms with Crippen molar-refractivity contribution < 1.29 is 9.53 Å². The van der Waals surface area contributed by atoms with Crippen molar-refractivity contribution in [1.82, 2.24) is 10.6 Å². The van der Waals surface area contributed by atoms with Gasteiger partial charge < -0.3 is 15.4 Å². The molecule has 0 aliphatic heterocycles.